The molecule has 2 rings (SSSR count). The number of aryl methyl sites for hydroxylation is 1. The Kier molecular flexibility index (Phi) is 4.02. The second-order valence-electron chi connectivity index (χ2n) is 4.66. The van der Waals surface area contributed by atoms with Gasteiger partial charge < -0.3 is 9.52 Å². The van der Waals surface area contributed by atoms with Crippen molar-refractivity contribution in [2.24, 2.45) is 0 Å². The summed E-state index contributed by atoms with van der Waals surface area (Å²) in [5.74, 6) is 1.07. The molecule has 2 heterocycles. The maximum atomic E-state index is 9.07. The molecule has 1 aromatic rings. The Bertz CT molecular complexity index is 319. The molecule has 0 saturated carbocycles. The Labute approximate surface area is 97.1 Å². The van der Waals surface area contributed by atoms with Gasteiger partial charge in [-0.2, -0.15) is 0 Å². The summed E-state index contributed by atoms with van der Waals surface area (Å²) in [6.07, 6.45) is 6.41. The van der Waals surface area contributed by atoms with Gasteiger partial charge in [-0.3, -0.25) is 4.90 Å². The van der Waals surface area contributed by atoms with Crippen molar-refractivity contribution in [2.75, 3.05) is 13.2 Å². The van der Waals surface area contributed by atoms with Gasteiger partial charge in [-0.25, -0.2) is 0 Å². The van der Waals surface area contributed by atoms with Crippen LogP contribution in [0.25, 0.3) is 0 Å². The Morgan fingerprint density at radius 2 is 2.38 bits per heavy atom. The van der Waals surface area contributed by atoms with Crippen LogP contribution in [0.4, 0.5) is 0 Å². The summed E-state index contributed by atoms with van der Waals surface area (Å²) in [5.41, 5.74) is 1.23. The van der Waals surface area contributed by atoms with Crippen LogP contribution in [0.1, 0.15) is 37.0 Å². The van der Waals surface area contributed by atoms with Gasteiger partial charge in [-0.1, -0.05) is 6.42 Å². The number of nitrogens with zero attached hydrogens (tertiary/aromatic N) is 1. The van der Waals surface area contributed by atoms with E-state index in [0.29, 0.717) is 6.04 Å². The molecule has 1 fully saturated rings. The highest BCUT2D eigenvalue weighted by Crippen LogP contribution is 2.23. The fourth-order valence-electron chi connectivity index (χ4n) is 2.49. The van der Waals surface area contributed by atoms with Crippen molar-refractivity contribution in [3.05, 3.63) is 23.7 Å². The molecular weight excluding hydrogens is 202 g/mol. The molecule has 3 heteroatoms. The highest BCUT2D eigenvalue weighted by atomic mass is 16.3. The number of hydrogen-bond donors (Lipinski definition) is 1. The van der Waals surface area contributed by atoms with Crippen LogP contribution in [0.2, 0.25) is 0 Å². The van der Waals surface area contributed by atoms with Gasteiger partial charge in [0, 0.05) is 12.6 Å². The number of furan rings is 1. The zero-order valence-corrected chi connectivity index (χ0v) is 9.98. The van der Waals surface area contributed by atoms with Gasteiger partial charge in [0.05, 0.1) is 12.8 Å². The van der Waals surface area contributed by atoms with Crippen molar-refractivity contribution in [3.63, 3.8) is 0 Å². The smallest absolute Gasteiger partial charge is 0.120 e. The molecule has 1 unspecified atom stereocenters. The van der Waals surface area contributed by atoms with E-state index in [1.54, 1.807) is 6.26 Å². The van der Waals surface area contributed by atoms with Crippen LogP contribution >= 0.6 is 0 Å². The lowest BCUT2D eigenvalue weighted by atomic mass is 9.99. The van der Waals surface area contributed by atoms with Gasteiger partial charge in [0.25, 0.3) is 0 Å². The van der Waals surface area contributed by atoms with Gasteiger partial charge in [-0.05, 0) is 44.4 Å². The maximum absolute atomic E-state index is 9.07. The van der Waals surface area contributed by atoms with Crippen LogP contribution in [0.5, 0.6) is 0 Å². The van der Waals surface area contributed by atoms with Crippen LogP contribution in [-0.4, -0.2) is 29.2 Å². The molecule has 90 valence electrons. The number of rotatable bonds is 4. The summed E-state index contributed by atoms with van der Waals surface area (Å²) in [5, 5.41) is 9.07. The van der Waals surface area contributed by atoms with E-state index in [1.807, 2.05) is 6.07 Å². The fourth-order valence-corrected chi connectivity index (χ4v) is 2.49. The standard InChI is InChI=1S/C13H21NO2/c1-11-6-9-16-13(11)10-14-7-3-2-4-12(14)5-8-15/h6,9,12,15H,2-5,7-8,10H2,1H3. The molecule has 1 atom stereocenters. The quantitative estimate of drug-likeness (QED) is 0.851. The van der Waals surface area contributed by atoms with Crippen molar-refractivity contribution in [1.29, 1.82) is 0 Å². The fraction of sp³-hybridized carbons (Fsp3) is 0.692. The third kappa shape index (κ3) is 2.66. The third-order valence-corrected chi connectivity index (χ3v) is 3.53. The molecule has 0 spiro atoms. The average Bonchev–Trinajstić information content (AvgIpc) is 2.68. The summed E-state index contributed by atoms with van der Waals surface area (Å²) in [6.45, 7) is 4.40. The molecule has 1 N–H and O–H groups in total. The largest absolute Gasteiger partial charge is 0.468 e. The molecule has 3 nitrogen and oxygen atoms in total. The highest BCUT2D eigenvalue weighted by molar-refractivity contribution is 5.14. The first-order chi connectivity index (χ1) is 7.81. The topological polar surface area (TPSA) is 36.6 Å². The van der Waals surface area contributed by atoms with Crippen molar-refractivity contribution in [2.45, 2.75) is 45.2 Å². The molecule has 0 radical (unpaired) electrons. The third-order valence-electron chi connectivity index (χ3n) is 3.53. The van der Waals surface area contributed by atoms with E-state index >= 15 is 0 Å². The van der Waals surface area contributed by atoms with Crippen LogP contribution in [0.15, 0.2) is 16.7 Å². The lowest BCUT2D eigenvalue weighted by Gasteiger charge is -2.35. The molecule has 0 aromatic carbocycles. The van der Waals surface area contributed by atoms with E-state index in [9.17, 15) is 0 Å². The molecule has 1 aromatic heterocycles. The Hall–Kier alpha value is -0.800. The molecule has 0 aliphatic carbocycles. The summed E-state index contributed by atoms with van der Waals surface area (Å²) >= 11 is 0. The number of aliphatic hydroxyl groups is 1. The molecule has 1 aliphatic rings. The number of aliphatic hydroxyl groups excluding tert-OH is 1. The Balaban J connectivity index is 1.98. The number of likely N-dealkylation sites (tertiary alicyclic amines) is 1. The molecular formula is C13H21NO2. The first kappa shape index (κ1) is 11.7. The lowest BCUT2D eigenvalue weighted by molar-refractivity contribution is 0.105. The SMILES string of the molecule is Cc1ccoc1CN1CCCCC1CCO. The van der Waals surface area contributed by atoms with Crippen molar-refractivity contribution < 1.29 is 9.52 Å². The van der Waals surface area contributed by atoms with Gasteiger partial charge in [0.2, 0.25) is 0 Å². The minimum absolute atomic E-state index is 0.290. The van der Waals surface area contributed by atoms with E-state index in [2.05, 4.69) is 11.8 Å². The van der Waals surface area contributed by atoms with E-state index in [-0.39, 0.29) is 6.61 Å². The van der Waals surface area contributed by atoms with E-state index in [1.165, 1.54) is 24.8 Å². The summed E-state index contributed by atoms with van der Waals surface area (Å²) < 4.78 is 5.49. The average molecular weight is 223 g/mol. The van der Waals surface area contributed by atoms with Gasteiger partial charge in [0.1, 0.15) is 5.76 Å². The molecule has 1 saturated heterocycles. The highest BCUT2D eigenvalue weighted by Gasteiger charge is 2.23. The maximum Gasteiger partial charge on any atom is 0.120 e. The van der Waals surface area contributed by atoms with Crippen LogP contribution < -0.4 is 0 Å². The normalized spacial score (nSPS) is 22.5. The molecule has 1 aliphatic heterocycles. The summed E-state index contributed by atoms with van der Waals surface area (Å²) in [7, 11) is 0. The van der Waals surface area contributed by atoms with Gasteiger partial charge in [-0.15, -0.1) is 0 Å². The van der Waals surface area contributed by atoms with Crippen molar-refractivity contribution in [3.8, 4) is 0 Å². The van der Waals surface area contributed by atoms with Crippen LogP contribution in [-0.2, 0) is 6.54 Å². The van der Waals surface area contributed by atoms with Gasteiger partial charge >= 0.3 is 0 Å². The molecule has 0 bridgehead atoms. The molecule has 16 heavy (non-hydrogen) atoms. The van der Waals surface area contributed by atoms with Crippen LogP contribution in [0, 0.1) is 6.92 Å². The second kappa shape index (κ2) is 5.51. The van der Waals surface area contributed by atoms with E-state index in [0.717, 1.165) is 25.3 Å². The Morgan fingerprint density at radius 3 is 3.06 bits per heavy atom. The number of piperidine rings is 1. The zero-order chi connectivity index (χ0) is 11.4. The second-order valence-corrected chi connectivity index (χ2v) is 4.66. The monoisotopic (exact) mass is 223 g/mol. The van der Waals surface area contributed by atoms with E-state index in [4.69, 9.17) is 9.52 Å². The van der Waals surface area contributed by atoms with Crippen molar-refractivity contribution in [1.82, 2.24) is 4.90 Å². The first-order valence-electron chi connectivity index (χ1n) is 6.19. The van der Waals surface area contributed by atoms with E-state index < -0.39 is 0 Å². The summed E-state index contributed by atoms with van der Waals surface area (Å²) in [4.78, 5) is 2.45. The van der Waals surface area contributed by atoms with Crippen molar-refractivity contribution >= 4 is 0 Å². The first-order valence-corrected chi connectivity index (χ1v) is 6.19. The van der Waals surface area contributed by atoms with Crippen LogP contribution in [0.3, 0.4) is 0 Å². The minimum Gasteiger partial charge on any atom is -0.468 e. The zero-order valence-electron chi connectivity index (χ0n) is 9.98. The predicted octanol–water partition coefficient (Wildman–Crippen LogP) is 2.32. The summed E-state index contributed by atoms with van der Waals surface area (Å²) in [6, 6.07) is 2.55. The molecule has 0 amide bonds. The Morgan fingerprint density at radius 1 is 1.50 bits per heavy atom. The lowest BCUT2D eigenvalue weighted by Crippen LogP contribution is -2.39. The van der Waals surface area contributed by atoms with Gasteiger partial charge in [0.15, 0.2) is 0 Å². The number of hydrogen-bond acceptors (Lipinski definition) is 3. The minimum atomic E-state index is 0.290. The predicted molar refractivity (Wildman–Crippen MR) is 63.2 cm³/mol.